The molecule has 0 fully saturated rings. The first-order valence-corrected chi connectivity index (χ1v) is 14.0. The fraction of sp³-hybridized carbons (Fsp3) is 0.440. The number of nitrogens with zero attached hydrogens (tertiary/aromatic N) is 2. The average molecular weight is 543 g/mol. The number of hydrogen-bond acceptors (Lipinski definition) is 4. The number of sulfonamides is 1. The van der Waals surface area contributed by atoms with Crippen molar-refractivity contribution in [3.8, 4) is 0 Å². The summed E-state index contributed by atoms with van der Waals surface area (Å²) in [6.45, 7) is 7.49. The minimum atomic E-state index is -3.54. The summed E-state index contributed by atoms with van der Waals surface area (Å²) in [6, 6.07) is 11.3. The Hall–Kier alpha value is -2.29. The van der Waals surface area contributed by atoms with Crippen molar-refractivity contribution >= 4 is 50.7 Å². The van der Waals surface area contributed by atoms with E-state index in [0.717, 1.165) is 11.8 Å². The van der Waals surface area contributed by atoms with Crippen LogP contribution in [-0.4, -0.2) is 50.0 Å². The number of rotatable bonds is 11. The van der Waals surface area contributed by atoms with Crippen LogP contribution < -0.4 is 9.62 Å². The normalized spacial score (nSPS) is 12.3. The number of anilines is 1. The molecule has 2 amide bonds. The van der Waals surface area contributed by atoms with Gasteiger partial charge in [0.05, 0.1) is 11.9 Å². The largest absolute Gasteiger partial charge is 0.352 e. The zero-order chi connectivity index (χ0) is 26.3. The second-order valence-electron chi connectivity index (χ2n) is 8.87. The molecule has 0 saturated heterocycles. The average Bonchev–Trinajstić information content (AvgIpc) is 2.74. The van der Waals surface area contributed by atoms with Crippen molar-refractivity contribution in [3.05, 3.63) is 63.6 Å². The van der Waals surface area contributed by atoms with Crippen LogP contribution in [0, 0.1) is 6.92 Å². The highest BCUT2D eigenvalue weighted by atomic mass is 35.5. The summed E-state index contributed by atoms with van der Waals surface area (Å²) in [7, 11) is -3.54. The van der Waals surface area contributed by atoms with Gasteiger partial charge in [-0.1, -0.05) is 41.4 Å². The van der Waals surface area contributed by atoms with Gasteiger partial charge >= 0.3 is 0 Å². The van der Waals surface area contributed by atoms with Gasteiger partial charge in [0, 0.05) is 35.6 Å². The number of halogens is 2. The Labute approximate surface area is 218 Å². The highest BCUT2D eigenvalue weighted by molar-refractivity contribution is 7.92. The molecule has 0 aliphatic heterocycles. The van der Waals surface area contributed by atoms with Gasteiger partial charge in [-0.3, -0.25) is 13.9 Å². The number of amides is 2. The lowest BCUT2D eigenvalue weighted by atomic mass is 10.1. The molecule has 2 aromatic carbocycles. The number of carbonyl (C=O) groups is 2. The van der Waals surface area contributed by atoms with Gasteiger partial charge in [0.25, 0.3) is 0 Å². The predicted octanol–water partition coefficient (Wildman–Crippen LogP) is 4.79. The van der Waals surface area contributed by atoms with E-state index in [1.807, 2.05) is 26.8 Å². The zero-order valence-corrected chi connectivity index (χ0v) is 23.0. The molecule has 0 aromatic heterocycles. The van der Waals surface area contributed by atoms with Gasteiger partial charge in [-0.25, -0.2) is 8.42 Å². The quantitative estimate of drug-likeness (QED) is 0.443. The topological polar surface area (TPSA) is 86.8 Å². The van der Waals surface area contributed by atoms with E-state index in [1.165, 1.54) is 9.21 Å². The molecule has 0 saturated carbocycles. The Morgan fingerprint density at radius 1 is 1.06 bits per heavy atom. The minimum Gasteiger partial charge on any atom is -0.352 e. The van der Waals surface area contributed by atoms with Crippen LogP contribution in [0.15, 0.2) is 42.5 Å². The molecule has 10 heteroatoms. The van der Waals surface area contributed by atoms with Gasteiger partial charge in [-0.15, -0.1) is 0 Å². The Kier molecular flexibility index (Phi) is 10.4. The summed E-state index contributed by atoms with van der Waals surface area (Å²) in [5.41, 5.74) is 2.14. The van der Waals surface area contributed by atoms with Crippen molar-refractivity contribution in [3.63, 3.8) is 0 Å². The van der Waals surface area contributed by atoms with E-state index in [0.29, 0.717) is 21.3 Å². The van der Waals surface area contributed by atoms with E-state index in [-0.39, 0.29) is 43.8 Å². The first kappa shape index (κ1) is 28.9. The van der Waals surface area contributed by atoms with Crippen LogP contribution in [0.3, 0.4) is 0 Å². The first-order valence-electron chi connectivity index (χ1n) is 11.4. The molecule has 7 nitrogen and oxygen atoms in total. The van der Waals surface area contributed by atoms with Gasteiger partial charge in [-0.2, -0.15) is 0 Å². The molecule has 0 spiro atoms. The van der Waals surface area contributed by atoms with E-state index < -0.39 is 16.1 Å². The van der Waals surface area contributed by atoms with Crippen LogP contribution in [0.5, 0.6) is 0 Å². The molecule has 2 aromatic rings. The Balaban J connectivity index is 2.20. The lowest BCUT2D eigenvalue weighted by Gasteiger charge is -2.30. The third kappa shape index (κ3) is 8.70. The van der Waals surface area contributed by atoms with Gasteiger partial charge in [0.1, 0.15) is 6.04 Å². The smallest absolute Gasteiger partial charge is 0.242 e. The van der Waals surface area contributed by atoms with Crippen LogP contribution in [0.25, 0.3) is 0 Å². The number of carbonyl (C=O) groups excluding carboxylic acids is 2. The van der Waals surface area contributed by atoms with Crippen molar-refractivity contribution in [1.82, 2.24) is 10.2 Å². The molecule has 0 heterocycles. The van der Waals surface area contributed by atoms with E-state index in [2.05, 4.69) is 5.32 Å². The number of hydrogen-bond donors (Lipinski definition) is 1. The van der Waals surface area contributed by atoms with Gasteiger partial charge in [0.2, 0.25) is 21.8 Å². The first-order chi connectivity index (χ1) is 16.3. The SMILES string of the molecule is Cc1cccc(N(CCCC(=O)N(Cc2ccc(Cl)cc2Cl)[C@@H](C)C(=O)NC(C)C)S(C)(=O)=O)c1. The Morgan fingerprint density at radius 3 is 2.31 bits per heavy atom. The highest BCUT2D eigenvalue weighted by Crippen LogP contribution is 2.24. The molecule has 0 aliphatic rings. The van der Waals surface area contributed by atoms with Crippen LogP contribution >= 0.6 is 23.2 Å². The summed E-state index contributed by atoms with van der Waals surface area (Å²) in [6.07, 6.45) is 1.48. The van der Waals surface area contributed by atoms with Gasteiger partial charge in [0.15, 0.2) is 0 Å². The van der Waals surface area contributed by atoms with Crippen molar-refractivity contribution in [2.24, 2.45) is 0 Å². The molecule has 35 heavy (non-hydrogen) atoms. The monoisotopic (exact) mass is 541 g/mol. The van der Waals surface area contributed by atoms with Crippen molar-refractivity contribution in [1.29, 1.82) is 0 Å². The molecule has 192 valence electrons. The molecule has 0 radical (unpaired) electrons. The molecule has 0 bridgehead atoms. The highest BCUT2D eigenvalue weighted by Gasteiger charge is 2.27. The third-order valence-corrected chi connectivity index (χ3v) is 7.18. The number of aryl methyl sites for hydroxylation is 1. The molecule has 0 aliphatic carbocycles. The van der Waals surface area contributed by atoms with E-state index >= 15 is 0 Å². The molecular weight excluding hydrogens is 509 g/mol. The number of nitrogens with one attached hydrogen (secondary N) is 1. The second-order valence-corrected chi connectivity index (χ2v) is 11.6. The van der Waals surface area contributed by atoms with E-state index in [4.69, 9.17) is 23.2 Å². The van der Waals surface area contributed by atoms with Crippen LogP contribution in [0.1, 0.15) is 44.7 Å². The minimum absolute atomic E-state index is 0.0579. The predicted molar refractivity (Wildman–Crippen MR) is 142 cm³/mol. The fourth-order valence-corrected chi connectivity index (χ4v) is 5.03. The maximum absolute atomic E-state index is 13.3. The molecular formula is C25H33Cl2N3O4S. The van der Waals surface area contributed by atoms with Crippen molar-refractivity contribution in [2.45, 2.75) is 59.2 Å². The van der Waals surface area contributed by atoms with Crippen LogP contribution in [0.4, 0.5) is 5.69 Å². The van der Waals surface area contributed by atoms with Crippen molar-refractivity contribution < 1.29 is 18.0 Å². The van der Waals surface area contributed by atoms with Gasteiger partial charge in [-0.05, 0) is 69.5 Å². The summed E-state index contributed by atoms with van der Waals surface area (Å²) in [5.74, 6) is -0.559. The summed E-state index contributed by atoms with van der Waals surface area (Å²) >= 11 is 12.3. The van der Waals surface area contributed by atoms with Crippen LogP contribution in [0.2, 0.25) is 10.0 Å². The second kappa shape index (κ2) is 12.6. The molecule has 2 rings (SSSR count). The lowest BCUT2D eigenvalue weighted by Crippen LogP contribution is -2.49. The van der Waals surface area contributed by atoms with Gasteiger partial charge < -0.3 is 10.2 Å². The Morgan fingerprint density at radius 2 is 1.74 bits per heavy atom. The lowest BCUT2D eigenvalue weighted by molar-refractivity contribution is -0.140. The summed E-state index contributed by atoms with van der Waals surface area (Å²) in [5, 5.41) is 3.70. The third-order valence-electron chi connectivity index (χ3n) is 5.40. The molecule has 1 N–H and O–H groups in total. The number of benzene rings is 2. The van der Waals surface area contributed by atoms with Crippen molar-refractivity contribution in [2.75, 3.05) is 17.1 Å². The maximum Gasteiger partial charge on any atom is 0.242 e. The Bertz CT molecular complexity index is 1160. The molecule has 1 atom stereocenters. The standard InChI is InChI=1S/C25H33Cl2N3O4S/c1-17(2)28-25(32)19(4)29(16-20-11-12-21(26)15-23(20)27)24(31)10-7-13-30(35(5,33)34)22-9-6-8-18(3)14-22/h6,8-9,11-12,14-15,17,19H,7,10,13,16H2,1-5H3,(H,28,32)/t19-/m0/s1. The van der Waals surface area contributed by atoms with E-state index in [1.54, 1.807) is 43.3 Å². The summed E-state index contributed by atoms with van der Waals surface area (Å²) in [4.78, 5) is 27.5. The summed E-state index contributed by atoms with van der Waals surface area (Å²) < 4.78 is 26.1. The maximum atomic E-state index is 13.3. The zero-order valence-electron chi connectivity index (χ0n) is 20.7. The fourth-order valence-electron chi connectivity index (χ4n) is 3.61. The van der Waals surface area contributed by atoms with E-state index in [9.17, 15) is 18.0 Å². The van der Waals surface area contributed by atoms with Crippen LogP contribution in [-0.2, 0) is 26.2 Å². The molecule has 0 unspecified atom stereocenters.